The maximum absolute atomic E-state index is 12.3. The number of carbonyl (C=O) groups excluding carboxylic acids is 1. The average molecular weight is 289 g/mol. The highest BCUT2D eigenvalue weighted by Gasteiger charge is 2.13. The Morgan fingerprint density at radius 3 is 2.90 bits per heavy atom. The molecule has 1 atom stereocenters. The maximum Gasteiger partial charge on any atom is 0.251 e. The minimum atomic E-state index is -0.120. The predicted molar refractivity (Wildman–Crippen MR) is 83.2 cm³/mol. The van der Waals surface area contributed by atoms with Gasteiger partial charge in [-0.05, 0) is 38.5 Å². The molecule has 4 nitrogen and oxygen atoms in total. The highest BCUT2D eigenvalue weighted by Crippen LogP contribution is 2.13. The van der Waals surface area contributed by atoms with Gasteiger partial charge in [0, 0.05) is 30.2 Å². The van der Waals surface area contributed by atoms with Gasteiger partial charge < -0.3 is 15.2 Å². The van der Waals surface area contributed by atoms with E-state index in [2.05, 4.69) is 17.2 Å². The van der Waals surface area contributed by atoms with Gasteiger partial charge in [-0.15, -0.1) is 0 Å². The van der Waals surface area contributed by atoms with Crippen molar-refractivity contribution in [2.75, 3.05) is 19.8 Å². The molecule has 0 spiro atoms. The van der Waals surface area contributed by atoms with E-state index in [4.69, 9.17) is 9.84 Å². The summed E-state index contributed by atoms with van der Waals surface area (Å²) in [5.74, 6) is 5.74. The van der Waals surface area contributed by atoms with Crippen molar-refractivity contribution in [3.8, 4) is 11.8 Å². The zero-order valence-electron chi connectivity index (χ0n) is 12.9. The third-order valence-corrected chi connectivity index (χ3v) is 2.99. The van der Waals surface area contributed by atoms with Crippen molar-refractivity contribution in [3.05, 3.63) is 34.9 Å². The molecule has 0 saturated heterocycles. The van der Waals surface area contributed by atoms with E-state index >= 15 is 0 Å². The summed E-state index contributed by atoms with van der Waals surface area (Å²) in [6.07, 6.45) is 0.432. The van der Waals surface area contributed by atoms with Crippen LogP contribution in [0, 0.1) is 18.8 Å². The molecule has 0 fully saturated rings. The largest absolute Gasteiger partial charge is 0.395 e. The van der Waals surface area contributed by atoms with Gasteiger partial charge in [-0.3, -0.25) is 4.79 Å². The van der Waals surface area contributed by atoms with Crippen LogP contribution < -0.4 is 5.32 Å². The monoisotopic (exact) mass is 289 g/mol. The summed E-state index contributed by atoms with van der Waals surface area (Å²) in [7, 11) is 0. The first kappa shape index (κ1) is 17.2. The maximum atomic E-state index is 12.3. The number of hydrogen-bond acceptors (Lipinski definition) is 3. The molecule has 0 aromatic heterocycles. The van der Waals surface area contributed by atoms with Gasteiger partial charge in [0.2, 0.25) is 0 Å². The summed E-state index contributed by atoms with van der Waals surface area (Å²) >= 11 is 0. The first-order valence-electron chi connectivity index (χ1n) is 7.18. The van der Waals surface area contributed by atoms with Crippen LogP contribution in [0.15, 0.2) is 18.2 Å². The molecule has 21 heavy (non-hydrogen) atoms. The Hall–Kier alpha value is -1.83. The van der Waals surface area contributed by atoms with Crippen LogP contribution in [-0.2, 0) is 4.74 Å². The van der Waals surface area contributed by atoms with Gasteiger partial charge in [-0.1, -0.05) is 17.9 Å². The van der Waals surface area contributed by atoms with Crippen molar-refractivity contribution in [2.24, 2.45) is 0 Å². The van der Waals surface area contributed by atoms with E-state index in [1.54, 1.807) is 6.07 Å². The van der Waals surface area contributed by atoms with Crippen LogP contribution in [0.1, 0.15) is 41.8 Å². The molecule has 1 rings (SSSR count). The molecule has 4 heteroatoms. The molecule has 0 bridgehead atoms. The fourth-order valence-corrected chi connectivity index (χ4v) is 1.87. The number of aliphatic hydroxyl groups is 1. The van der Waals surface area contributed by atoms with E-state index in [1.807, 2.05) is 32.9 Å². The first-order valence-corrected chi connectivity index (χ1v) is 7.18. The molecule has 1 amide bonds. The Morgan fingerprint density at radius 1 is 1.48 bits per heavy atom. The first-order chi connectivity index (χ1) is 10.1. The van der Waals surface area contributed by atoms with Gasteiger partial charge in [0.25, 0.3) is 5.91 Å². The average Bonchev–Trinajstić information content (AvgIpc) is 2.47. The number of benzene rings is 1. The Labute approximate surface area is 126 Å². The fraction of sp³-hybridized carbons (Fsp3) is 0.471. The number of carbonyl (C=O) groups is 1. The normalized spacial score (nSPS) is 11.4. The van der Waals surface area contributed by atoms with Crippen LogP contribution in [0.3, 0.4) is 0 Å². The fourth-order valence-electron chi connectivity index (χ4n) is 1.87. The zero-order chi connectivity index (χ0) is 15.7. The van der Waals surface area contributed by atoms with Crippen LogP contribution in [0.5, 0.6) is 0 Å². The van der Waals surface area contributed by atoms with E-state index in [9.17, 15) is 4.79 Å². The van der Waals surface area contributed by atoms with E-state index in [1.165, 1.54) is 0 Å². The molecule has 0 radical (unpaired) electrons. The van der Waals surface area contributed by atoms with Crippen molar-refractivity contribution < 1.29 is 14.6 Å². The van der Waals surface area contributed by atoms with E-state index in [-0.39, 0.29) is 18.6 Å². The van der Waals surface area contributed by atoms with Gasteiger partial charge in [-0.25, -0.2) is 0 Å². The van der Waals surface area contributed by atoms with Gasteiger partial charge in [0.05, 0.1) is 13.2 Å². The lowest BCUT2D eigenvalue weighted by molar-refractivity contribution is 0.0871. The number of ether oxygens (including phenoxy) is 1. The van der Waals surface area contributed by atoms with Gasteiger partial charge in [0.1, 0.15) is 0 Å². The number of aliphatic hydroxyl groups excluding tert-OH is 1. The second-order valence-electron chi connectivity index (χ2n) is 4.79. The summed E-state index contributed by atoms with van der Waals surface area (Å²) < 4.78 is 5.29. The molecule has 0 heterocycles. The Balaban J connectivity index is 2.81. The molecule has 0 aliphatic rings. The second-order valence-corrected chi connectivity index (χ2v) is 4.79. The topological polar surface area (TPSA) is 58.6 Å². The molecule has 2 N–H and O–H groups in total. The van der Waals surface area contributed by atoms with Crippen LogP contribution in [0.25, 0.3) is 0 Å². The summed E-state index contributed by atoms with van der Waals surface area (Å²) in [5.41, 5.74) is 2.28. The lowest BCUT2D eigenvalue weighted by atomic mass is 10.0. The summed E-state index contributed by atoms with van der Waals surface area (Å²) in [4.78, 5) is 12.3. The SMILES string of the molecule is CCOCC(C)NC(=O)c1cccc(C#CCCO)c1C. The number of hydrogen-bond donors (Lipinski definition) is 2. The Kier molecular flexibility index (Phi) is 7.52. The van der Waals surface area contributed by atoms with Crippen LogP contribution >= 0.6 is 0 Å². The van der Waals surface area contributed by atoms with Crippen molar-refractivity contribution in [3.63, 3.8) is 0 Å². The molecule has 1 aromatic rings. The third kappa shape index (κ3) is 5.58. The molecule has 0 saturated carbocycles. The smallest absolute Gasteiger partial charge is 0.251 e. The minimum absolute atomic E-state index is 0.0408. The van der Waals surface area contributed by atoms with Crippen LogP contribution in [0.4, 0.5) is 0 Å². The van der Waals surface area contributed by atoms with Gasteiger partial charge >= 0.3 is 0 Å². The molecule has 1 aromatic carbocycles. The molecular formula is C17H23NO3. The lowest BCUT2D eigenvalue weighted by Crippen LogP contribution is -2.36. The predicted octanol–water partition coefficient (Wildman–Crippen LogP) is 1.88. The Bertz CT molecular complexity index is 529. The minimum Gasteiger partial charge on any atom is -0.395 e. The summed E-state index contributed by atoms with van der Waals surface area (Å²) in [5, 5.41) is 11.7. The summed E-state index contributed by atoms with van der Waals surface area (Å²) in [6.45, 7) is 6.89. The zero-order valence-corrected chi connectivity index (χ0v) is 12.9. The Morgan fingerprint density at radius 2 is 2.24 bits per heavy atom. The van der Waals surface area contributed by atoms with Crippen molar-refractivity contribution in [1.29, 1.82) is 0 Å². The van der Waals surface area contributed by atoms with Crippen molar-refractivity contribution >= 4 is 5.91 Å². The van der Waals surface area contributed by atoms with Gasteiger partial charge in [-0.2, -0.15) is 0 Å². The second kappa shape index (κ2) is 9.17. The summed E-state index contributed by atoms with van der Waals surface area (Å²) in [6, 6.07) is 5.44. The highest BCUT2D eigenvalue weighted by atomic mass is 16.5. The van der Waals surface area contributed by atoms with Crippen molar-refractivity contribution in [2.45, 2.75) is 33.2 Å². The number of amides is 1. The quantitative estimate of drug-likeness (QED) is 0.786. The number of nitrogens with one attached hydrogen (secondary N) is 1. The molecule has 1 unspecified atom stereocenters. The molecule has 0 aliphatic heterocycles. The highest BCUT2D eigenvalue weighted by molar-refractivity contribution is 5.96. The van der Waals surface area contributed by atoms with Crippen LogP contribution in [-0.4, -0.2) is 36.9 Å². The molecule has 0 aliphatic carbocycles. The number of rotatable bonds is 6. The standard InChI is InChI=1S/C17H23NO3/c1-4-21-12-13(2)18-17(20)16-10-7-9-15(14(16)3)8-5-6-11-19/h7,9-10,13,19H,4,6,11-12H2,1-3H3,(H,18,20). The lowest BCUT2D eigenvalue weighted by Gasteiger charge is -2.15. The van der Waals surface area contributed by atoms with E-state index in [0.29, 0.717) is 25.2 Å². The van der Waals surface area contributed by atoms with E-state index in [0.717, 1.165) is 11.1 Å². The van der Waals surface area contributed by atoms with Crippen molar-refractivity contribution in [1.82, 2.24) is 5.32 Å². The van der Waals surface area contributed by atoms with Gasteiger partial charge in [0.15, 0.2) is 0 Å². The van der Waals surface area contributed by atoms with Crippen LogP contribution in [0.2, 0.25) is 0 Å². The molecule has 114 valence electrons. The third-order valence-electron chi connectivity index (χ3n) is 2.99. The van der Waals surface area contributed by atoms with E-state index < -0.39 is 0 Å². The molecular weight excluding hydrogens is 266 g/mol.